The number of nitrogens with one attached hydrogen (secondary N) is 2. The number of hydrogen-bond acceptors (Lipinski definition) is 6. The molecule has 0 bridgehead atoms. The van der Waals surface area contributed by atoms with E-state index in [1.807, 2.05) is 30.3 Å². The summed E-state index contributed by atoms with van der Waals surface area (Å²) in [5.41, 5.74) is 2.54. The topological polar surface area (TPSA) is 105 Å². The highest BCUT2D eigenvalue weighted by molar-refractivity contribution is 7.90. The smallest absolute Gasteiger partial charge is 0.263 e. The summed E-state index contributed by atoms with van der Waals surface area (Å²) in [4.78, 5) is 29.4. The number of nitrogens with zero attached hydrogens (tertiary/aromatic N) is 1. The highest BCUT2D eigenvalue weighted by Gasteiger charge is 2.19. The van der Waals surface area contributed by atoms with Gasteiger partial charge < -0.3 is 10.6 Å². The highest BCUT2D eigenvalue weighted by atomic mass is 32.2. The zero-order valence-corrected chi connectivity index (χ0v) is 18.8. The van der Waals surface area contributed by atoms with Gasteiger partial charge in [-0.15, -0.1) is 0 Å². The first-order valence-corrected chi connectivity index (χ1v) is 12.3. The Morgan fingerprint density at radius 1 is 0.968 bits per heavy atom. The Morgan fingerprint density at radius 3 is 2.26 bits per heavy atom. The molecule has 1 heterocycles. The molecule has 0 saturated heterocycles. The fraction of sp³-hybridized carbons (Fsp3) is 0.227. The maximum absolute atomic E-state index is 12.8. The lowest BCUT2D eigenvalue weighted by Gasteiger charge is -2.06. The molecule has 0 radical (unpaired) electrons. The van der Waals surface area contributed by atoms with E-state index in [4.69, 9.17) is 0 Å². The zero-order chi connectivity index (χ0) is 22.4. The van der Waals surface area contributed by atoms with Gasteiger partial charge in [0.25, 0.3) is 5.91 Å². The van der Waals surface area contributed by atoms with Crippen LogP contribution < -0.4 is 10.6 Å². The van der Waals surface area contributed by atoms with Gasteiger partial charge in [0.1, 0.15) is 4.88 Å². The van der Waals surface area contributed by atoms with Crippen molar-refractivity contribution in [3.63, 3.8) is 0 Å². The third-order valence-corrected chi connectivity index (χ3v) is 6.62. The van der Waals surface area contributed by atoms with Crippen molar-refractivity contribution >= 4 is 38.1 Å². The van der Waals surface area contributed by atoms with Crippen LogP contribution in [0.25, 0.3) is 0 Å². The minimum absolute atomic E-state index is 0.230. The molecule has 3 rings (SSSR count). The van der Waals surface area contributed by atoms with Gasteiger partial charge in [-0.1, -0.05) is 53.8 Å². The zero-order valence-electron chi connectivity index (χ0n) is 17.2. The molecule has 2 aromatic carbocycles. The number of carbonyl (C=O) groups is 2. The van der Waals surface area contributed by atoms with Gasteiger partial charge >= 0.3 is 0 Å². The number of amides is 2. The van der Waals surface area contributed by atoms with E-state index in [0.717, 1.165) is 35.1 Å². The number of sulfone groups is 1. The average molecular weight is 458 g/mol. The van der Waals surface area contributed by atoms with Crippen molar-refractivity contribution in [1.82, 2.24) is 10.3 Å². The first-order valence-electron chi connectivity index (χ1n) is 9.61. The van der Waals surface area contributed by atoms with Crippen LogP contribution in [0, 0.1) is 0 Å². The molecule has 0 unspecified atom stereocenters. The number of hydrogen-bond donors (Lipinski definition) is 2. The number of thiazole rings is 1. The fourth-order valence-corrected chi connectivity index (χ4v) is 4.53. The van der Waals surface area contributed by atoms with Crippen LogP contribution in [0.5, 0.6) is 0 Å². The van der Waals surface area contributed by atoms with Gasteiger partial charge in [-0.05, 0) is 36.1 Å². The maximum Gasteiger partial charge on any atom is 0.263 e. The number of anilines is 1. The minimum atomic E-state index is -3.26. The Morgan fingerprint density at radius 2 is 1.65 bits per heavy atom. The molecule has 9 heteroatoms. The van der Waals surface area contributed by atoms with Gasteiger partial charge in [0, 0.05) is 19.7 Å². The Bertz CT molecular complexity index is 1170. The molecule has 0 saturated carbocycles. The second kappa shape index (κ2) is 9.84. The Hall–Kier alpha value is -3.04. The van der Waals surface area contributed by atoms with Crippen LogP contribution in [0.15, 0.2) is 59.5 Å². The lowest BCUT2D eigenvalue weighted by Crippen LogP contribution is -2.23. The van der Waals surface area contributed by atoms with Gasteiger partial charge in [0.2, 0.25) is 5.91 Å². The fourth-order valence-electron chi connectivity index (χ4n) is 2.93. The van der Waals surface area contributed by atoms with E-state index < -0.39 is 9.84 Å². The first-order chi connectivity index (χ1) is 14.7. The molecule has 0 aliphatic heterocycles. The second-order valence-electron chi connectivity index (χ2n) is 7.06. The standard InChI is InChI=1S/C22H23N3O4S2/c1-15(26)24-22-25-19(13-10-16-6-4-3-5-7-16)20(30-22)21(27)23-14-17-8-11-18(12-9-17)31(2,28)29/h3-9,11-12H,10,13-14H2,1-2H3,(H,23,27)(H,24,25,26). The van der Waals surface area contributed by atoms with Crippen molar-refractivity contribution in [1.29, 1.82) is 0 Å². The monoisotopic (exact) mass is 457 g/mol. The third-order valence-electron chi connectivity index (χ3n) is 4.48. The number of benzene rings is 2. The van der Waals surface area contributed by atoms with Crippen LogP contribution in [0.2, 0.25) is 0 Å². The van der Waals surface area contributed by atoms with Crippen LogP contribution in [-0.2, 0) is 34.0 Å². The normalized spacial score (nSPS) is 11.2. The molecule has 1 aromatic heterocycles. The Labute approximate surface area is 185 Å². The lowest BCUT2D eigenvalue weighted by atomic mass is 10.1. The van der Waals surface area contributed by atoms with Crippen LogP contribution in [0.1, 0.15) is 33.4 Å². The number of aromatic nitrogens is 1. The van der Waals surface area contributed by atoms with Gasteiger partial charge in [-0.25, -0.2) is 13.4 Å². The molecular formula is C22H23N3O4S2. The van der Waals surface area contributed by atoms with Gasteiger partial charge in [0.15, 0.2) is 15.0 Å². The predicted molar refractivity (Wildman–Crippen MR) is 121 cm³/mol. The molecule has 31 heavy (non-hydrogen) atoms. The molecule has 0 aliphatic carbocycles. The lowest BCUT2D eigenvalue weighted by molar-refractivity contribution is -0.114. The predicted octanol–water partition coefficient (Wildman–Crippen LogP) is 3.22. The van der Waals surface area contributed by atoms with Crippen molar-refractivity contribution in [3.8, 4) is 0 Å². The molecular weight excluding hydrogens is 434 g/mol. The first kappa shape index (κ1) is 22.6. The van der Waals surface area contributed by atoms with Crippen LogP contribution >= 0.6 is 11.3 Å². The third kappa shape index (κ3) is 6.47. The van der Waals surface area contributed by atoms with E-state index in [2.05, 4.69) is 15.6 Å². The summed E-state index contributed by atoms with van der Waals surface area (Å²) >= 11 is 1.14. The summed E-state index contributed by atoms with van der Waals surface area (Å²) in [5.74, 6) is -0.536. The highest BCUT2D eigenvalue weighted by Crippen LogP contribution is 2.25. The van der Waals surface area contributed by atoms with E-state index >= 15 is 0 Å². The van der Waals surface area contributed by atoms with Gasteiger partial charge in [-0.3, -0.25) is 9.59 Å². The molecule has 0 fully saturated rings. The van der Waals surface area contributed by atoms with Crippen molar-refractivity contribution in [3.05, 3.63) is 76.3 Å². The molecule has 7 nitrogen and oxygen atoms in total. The summed E-state index contributed by atoms with van der Waals surface area (Å²) in [7, 11) is -3.26. The van der Waals surface area contributed by atoms with Crippen molar-refractivity contribution in [2.45, 2.75) is 31.2 Å². The maximum atomic E-state index is 12.8. The summed E-state index contributed by atoms with van der Waals surface area (Å²) in [6, 6.07) is 16.3. The van der Waals surface area contributed by atoms with Crippen molar-refractivity contribution in [2.24, 2.45) is 0 Å². The molecule has 0 aliphatic rings. The van der Waals surface area contributed by atoms with E-state index in [9.17, 15) is 18.0 Å². The SMILES string of the molecule is CC(=O)Nc1nc(CCc2ccccc2)c(C(=O)NCc2ccc(S(C)(=O)=O)cc2)s1. The number of rotatable bonds is 8. The van der Waals surface area contributed by atoms with Gasteiger partial charge in [0.05, 0.1) is 10.6 Å². The molecule has 0 atom stereocenters. The van der Waals surface area contributed by atoms with E-state index in [0.29, 0.717) is 22.1 Å². The van der Waals surface area contributed by atoms with E-state index in [1.54, 1.807) is 12.1 Å². The Kier molecular flexibility index (Phi) is 7.19. The molecule has 3 aromatic rings. The average Bonchev–Trinajstić information content (AvgIpc) is 3.13. The van der Waals surface area contributed by atoms with Crippen molar-refractivity contribution < 1.29 is 18.0 Å². The van der Waals surface area contributed by atoms with Crippen LogP contribution in [0.4, 0.5) is 5.13 Å². The molecule has 0 spiro atoms. The van der Waals surface area contributed by atoms with Crippen LogP contribution in [-0.4, -0.2) is 31.5 Å². The summed E-state index contributed by atoms with van der Waals surface area (Å²) in [6.07, 6.45) is 2.43. The largest absolute Gasteiger partial charge is 0.347 e. The van der Waals surface area contributed by atoms with Gasteiger partial charge in [-0.2, -0.15) is 0 Å². The van der Waals surface area contributed by atoms with Crippen LogP contribution in [0.3, 0.4) is 0 Å². The van der Waals surface area contributed by atoms with Crippen molar-refractivity contribution in [2.75, 3.05) is 11.6 Å². The van der Waals surface area contributed by atoms with E-state index in [1.165, 1.54) is 19.1 Å². The summed E-state index contributed by atoms with van der Waals surface area (Å²) < 4.78 is 23.1. The molecule has 162 valence electrons. The summed E-state index contributed by atoms with van der Waals surface area (Å²) in [5, 5.41) is 5.88. The van der Waals surface area contributed by atoms with E-state index in [-0.39, 0.29) is 23.3 Å². The molecule has 2 amide bonds. The molecule has 2 N–H and O–H groups in total. The summed E-state index contributed by atoms with van der Waals surface area (Å²) in [6.45, 7) is 1.64. The minimum Gasteiger partial charge on any atom is -0.347 e. The number of carbonyl (C=O) groups excluding carboxylic acids is 2. The Balaban J connectivity index is 1.72. The quantitative estimate of drug-likeness (QED) is 0.540. The number of aryl methyl sites for hydroxylation is 2. The second-order valence-corrected chi connectivity index (χ2v) is 10.1.